The topological polar surface area (TPSA) is 33.5 Å². The van der Waals surface area contributed by atoms with E-state index in [1.54, 1.807) is 12.1 Å². The highest BCUT2D eigenvalue weighted by atomic mass is 19.1. The molecule has 4 rings (SSSR count). The minimum absolute atomic E-state index is 0.106. The van der Waals surface area contributed by atoms with E-state index in [0.717, 1.165) is 31.5 Å². The number of halogens is 1. The van der Waals surface area contributed by atoms with Gasteiger partial charge in [0.05, 0.1) is 0 Å². The lowest BCUT2D eigenvalue weighted by atomic mass is 9.83. The van der Waals surface area contributed by atoms with Gasteiger partial charge in [-0.05, 0) is 44.6 Å². The fourth-order valence-corrected chi connectivity index (χ4v) is 4.01. The summed E-state index contributed by atoms with van der Waals surface area (Å²) in [5.74, 6) is 0.854. The first-order chi connectivity index (χ1) is 11.0. The summed E-state index contributed by atoms with van der Waals surface area (Å²) in [7, 11) is 0. The first-order valence-corrected chi connectivity index (χ1v) is 8.17. The molecule has 1 fully saturated rings. The van der Waals surface area contributed by atoms with E-state index in [1.807, 2.05) is 11.8 Å². The number of fused-ring (bicyclic) bond motifs is 2. The predicted octanol–water partition coefficient (Wildman–Crippen LogP) is 4.31. The molecule has 0 spiro atoms. The highest BCUT2D eigenvalue weighted by Gasteiger charge is 2.38. The number of hydrogen-bond donors (Lipinski definition) is 0. The van der Waals surface area contributed by atoms with Crippen molar-refractivity contribution >= 4 is 16.9 Å². The van der Waals surface area contributed by atoms with E-state index in [9.17, 15) is 9.18 Å². The van der Waals surface area contributed by atoms with E-state index in [4.69, 9.17) is 4.42 Å². The average molecular weight is 313 g/mol. The van der Waals surface area contributed by atoms with Crippen LogP contribution in [0.3, 0.4) is 0 Å². The molecule has 2 aromatic rings. The molecule has 2 aliphatic rings. The Labute approximate surface area is 134 Å². The Morgan fingerprint density at radius 2 is 2.04 bits per heavy atom. The standard InChI is InChI=1S/C19H20FNO2/c1-11-6-7-13-9-21(10-14(13)8-11)19(22)17-12(2)15-4-3-5-16(20)18(15)23-17/h3-6,13-14H,7-10H2,1-2H3. The van der Waals surface area contributed by atoms with E-state index in [1.165, 1.54) is 11.6 Å². The van der Waals surface area contributed by atoms with Crippen LogP contribution < -0.4 is 0 Å². The minimum atomic E-state index is -0.417. The average Bonchev–Trinajstić information content (AvgIpc) is 3.09. The number of furan rings is 1. The molecule has 0 radical (unpaired) electrons. The van der Waals surface area contributed by atoms with Crippen LogP contribution in [0.2, 0.25) is 0 Å². The van der Waals surface area contributed by atoms with Gasteiger partial charge in [0.25, 0.3) is 5.91 Å². The largest absolute Gasteiger partial charge is 0.448 e. The molecule has 1 aliphatic heterocycles. The summed E-state index contributed by atoms with van der Waals surface area (Å²) in [4.78, 5) is 14.7. The Morgan fingerprint density at radius 1 is 1.26 bits per heavy atom. The number of benzene rings is 1. The number of amides is 1. The molecule has 120 valence electrons. The van der Waals surface area contributed by atoms with Gasteiger partial charge in [-0.25, -0.2) is 4.39 Å². The van der Waals surface area contributed by atoms with Crippen LogP contribution in [-0.2, 0) is 0 Å². The molecule has 2 atom stereocenters. The molecule has 0 saturated carbocycles. The first kappa shape index (κ1) is 14.5. The van der Waals surface area contributed by atoms with Crippen molar-refractivity contribution in [2.24, 2.45) is 11.8 Å². The van der Waals surface area contributed by atoms with Crippen LogP contribution in [0.5, 0.6) is 0 Å². The second-order valence-electron chi connectivity index (χ2n) is 6.89. The van der Waals surface area contributed by atoms with Crippen molar-refractivity contribution in [1.29, 1.82) is 0 Å². The normalized spacial score (nSPS) is 24.0. The van der Waals surface area contributed by atoms with Gasteiger partial charge in [-0.3, -0.25) is 4.79 Å². The second kappa shape index (κ2) is 5.22. The van der Waals surface area contributed by atoms with Gasteiger partial charge in [0.1, 0.15) is 0 Å². The second-order valence-corrected chi connectivity index (χ2v) is 6.89. The van der Waals surface area contributed by atoms with Crippen molar-refractivity contribution in [3.8, 4) is 0 Å². The zero-order chi connectivity index (χ0) is 16.1. The van der Waals surface area contributed by atoms with Gasteiger partial charge in [0, 0.05) is 24.0 Å². The van der Waals surface area contributed by atoms with Gasteiger partial charge in [-0.2, -0.15) is 0 Å². The minimum Gasteiger partial charge on any atom is -0.448 e. The molecule has 2 unspecified atom stereocenters. The fourth-order valence-electron chi connectivity index (χ4n) is 4.01. The maximum absolute atomic E-state index is 13.9. The van der Waals surface area contributed by atoms with Crippen LogP contribution >= 0.6 is 0 Å². The van der Waals surface area contributed by atoms with Crippen LogP contribution in [0.1, 0.15) is 35.9 Å². The number of likely N-dealkylation sites (tertiary alicyclic amines) is 1. The molecule has 0 N–H and O–H groups in total. The summed E-state index contributed by atoms with van der Waals surface area (Å²) in [5.41, 5.74) is 2.33. The number of carbonyl (C=O) groups excluding carboxylic acids is 1. The molecule has 1 amide bonds. The lowest BCUT2D eigenvalue weighted by Gasteiger charge is -2.21. The van der Waals surface area contributed by atoms with E-state index in [0.29, 0.717) is 17.2 Å². The fraction of sp³-hybridized carbons (Fsp3) is 0.421. The summed E-state index contributed by atoms with van der Waals surface area (Å²) in [6, 6.07) is 4.80. The number of aryl methyl sites for hydroxylation is 1. The Balaban J connectivity index is 1.63. The summed E-state index contributed by atoms with van der Waals surface area (Å²) in [5, 5.41) is 0.683. The number of para-hydroxylation sites is 1. The molecule has 1 aliphatic carbocycles. The summed E-state index contributed by atoms with van der Waals surface area (Å²) >= 11 is 0. The first-order valence-electron chi connectivity index (χ1n) is 8.17. The number of carbonyl (C=O) groups is 1. The van der Waals surface area contributed by atoms with Gasteiger partial charge in [0.2, 0.25) is 0 Å². The maximum atomic E-state index is 13.9. The van der Waals surface area contributed by atoms with Gasteiger partial charge in [-0.1, -0.05) is 23.8 Å². The third-order valence-electron chi connectivity index (χ3n) is 5.33. The molecule has 4 heteroatoms. The summed E-state index contributed by atoms with van der Waals surface area (Å²) < 4.78 is 19.5. The molecule has 1 aromatic heterocycles. The zero-order valence-electron chi connectivity index (χ0n) is 13.4. The lowest BCUT2D eigenvalue weighted by Crippen LogP contribution is -2.29. The van der Waals surface area contributed by atoms with Crippen LogP contribution in [-0.4, -0.2) is 23.9 Å². The number of nitrogens with zero attached hydrogens (tertiary/aromatic N) is 1. The zero-order valence-corrected chi connectivity index (χ0v) is 13.4. The molecule has 1 saturated heterocycles. The third kappa shape index (κ3) is 2.28. The number of allylic oxidation sites excluding steroid dienone is 2. The third-order valence-corrected chi connectivity index (χ3v) is 5.33. The molecule has 0 bridgehead atoms. The smallest absolute Gasteiger partial charge is 0.289 e. The van der Waals surface area contributed by atoms with Gasteiger partial charge in [-0.15, -0.1) is 0 Å². The van der Waals surface area contributed by atoms with Crippen molar-refractivity contribution in [2.75, 3.05) is 13.1 Å². The number of rotatable bonds is 1. The van der Waals surface area contributed by atoms with E-state index < -0.39 is 5.82 Å². The van der Waals surface area contributed by atoms with Crippen molar-refractivity contribution in [1.82, 2.24) is 4.90 Å². The van der Waals surface area contributed by atoms with Crippen LogP contribution in [0, 0.1) is 24.6 Å². The predicted molar refractivity (Wildman–Crippen MR) is 86.8 cm³/mol. The quantitative estimate of drug-likeness (QED) is 0.735. The van der Waals surface area contributed by atoms with Crippen LogP contribution in [0.4, 0.5) is 4.39 Å². The Hall–Kier alpha value is -2.10. The monoisotopic (exact) mass is 313 g/mol. The molecule has 2 heterocycles. The van der Waals surface area contributed by atoms with Gasteiger partial charge in [0.15, 0.2) is 17.2 Å². The Bertz CT molecular complexity index is 820. The molecule has 3 nitrogen and oxygen atoms in total. The van der Waals surface area contributed by atoms with Gasteiger partial charge < -0.3 is 9.32 Å². The van der Waals surface area contributed by atoms with Gasteiger partial charge >= 0.3 is 0 Å². The summed E-state index contributed by atoms with van der Waals surface area (Å²) in [6.07, 6.45) is 4.41. The molecule has 23 heavy (non-hydrogen) atoms. The summed E-state index contributed by atoms with van der Waals surface area (Å²) in [6.45, 7) is 5.53. The van der Waals surface area contributed by atoms with E-state index in [-0.39, 0.29) is 17.3 Å². The van der Waals surface area contributed by atoms with Crippen LogP contribution in [0.25, 0.3) is 11.0 Å². The van der Waals surface area contributed by atoms with Crippen molar-refractivity contribution in [2.45, 2.75) is 26.7 Å². The van der Waals surface area contributed by atoms with Crippen molar-refractivity contribution in [3.05, 3.63) is 47.0 Å². The number of hydrogen-bond acceptors (Lipinski definition) is 2. The Morgan fingerprint density at radius 3 is 2.83 bits per heavy atom. The SMILES string of the molecule is CC1=CCC2CN(C(=O)c3oc4c(F)cccc4c3C)CC2C1. The maximum Gasteiger partial charge on any atom is 0.289 e. The molecular weight excluding hydrogens is 293 g/mol. The van der Waals surface area contributed by atoms with Crippen molar-refractivity contribution < 1.29 is 13.6 Å². The van der Waals surface area contributed by atoms with E-state index >= 15 is 0 Å². The highest BCUT2D eigenvalue weighted by Crippen LogP contribution is 2.37. The lowest BCUT2D eigenvalue weighted by molar-refractivity contribution is 0.0753. The highest BCUT2D eigenvalue weighted by molar-refractivity contribution is 5.99. The Kier molecular flexibility index (Phi) is 3.29. The molecule has 1 aromatic carbocycles. The van der Waals surface area contributed by atoms with E-state index in [2.05, 4.69) is 13.0 Å². The molecular formula is C19H20FNO2. The van der Waals surface area contributed by atoms with Crippen LogP contribution in [0.15, 0.2) is 34.3 Å². The van der Waals surface area contributed by atoms with Crippen molar-refractivity contribution in [3.63, 3.8) is 0 Å².